The van der Waals surface area contributed by atoms with E-state index in [1.54, 1.807) is 18.2 Å². The third kappa shape index (κ3) is 6.88. The molecule has 5 nitrogen and oxygen atoms in total. The lowest BCUT2D eigenvalue weighted by Crippen LogP contribution is -2.46. The van der Waals surface area contributed by atoms with Gasteiger partial charge in [-0.1, -0.05) is 30.7 Å². The van der Waals surface area contributed by atoms with Crippen molar-refractivity contribution in [1.82, 2.24) is 15.1 Å². The van der Waals surface area contributed by atoms with Gasteiger partial charge in [-0.05, 0) is 67.5 Å². The van der Waals surface area contributed by atoms with Gasteiger partial charge in [-0.25, -0.2) is 8.78 Å². The molecule has 0 bridgehead atoms. The van der Waals surface area contributed by atoms with Gasteiger partial charge < -0.3 is 15.1 Å². The Bertz CT molecular complexity index is 1000. The second kappa shape index (κ2) is 11.8. The quantitative estimate of drug-likeness (QED) is 0.572. The summed E-state index contributed by atoms with van der Waals surface area (Å²) >= 11 is 0. The number of carbonyl (C=O) groups excluding carboxylic acids is 2. The SMILES string of the molecule is CN(C(=O)C1CCC1)[C@@H](CCN1CCC(NC(=O)Cc2ccc(F)cc2)CC1)c1cccc(F)c1. The third-order valence-electron chi connectivity index (χ3n) is 7.45. The molecule has 1 aliphatic carbocycles. The van der Waals surface area contributed by atoms with E-state index in [-0.39, 0.29) is 47.9 Å². The highest BCUT2D eigenvalue weighted by Crippen LogP contribution is 2.32. The number of likely N-dealkylation sites (tertiary alicyclic amines) is 1. The summed E-state index contributed by atoms with van der Waals surface area (Å²) in [5.41, 5.74) is 1.63. The largest absolute Gasteiger partial charge is 0.353 e. The van der Waals surface area contributed by atoms with E-state index < -0.39 is 0 Å². The van der Waals surface area contributed by atoms with Gasteiger partial charge in [0.25, 0.3) is 0 Å². The minimum Gasteiger partial charge on any atom is -0.353 e. The topological polar surface area (TPSA) is 52.7 Å². The van der Waals surface area contributed by atoms with E-state index in [0.717, 1.165) is 69.3 Å². The van der Waals surface area contributed by atoms with Crippen LogP contribution in [-0.4, -0.2) is 54.3 Å². The van der Waals surface area contributed by atoms with Crippen LogP contribution in [0.15, 0.2) is 48.5 Å². The molecular weight excluding hydrogens is 448 g/mol. The van der Waals surface area contributed by atoms with Gasteiger partial charge in [-0.3, -0.25) is 9.59 Å². The molecule has 2 amide bonds. The molecule has 35 heavy (non-hydrogen) atoms. The van der Waals surface area contributed by atoms with E-state index in [1.807, 2.05) is 18.0 Å². The lowest BCUT2D eigenvalue weighted by atomic mass is 9.84. The van der Waals surface area contributed by atoms with Crippen molar-refractivity contribution in [3.63, 3.8) is 0 Å². The summed E-state index contributed by atoms with van der Waals surface area (Å²) < 4.78 is 27.0. The maximum atomic E-state index is 14.0. The van der Waals surface area contributed by atoms with E-state index in [4.69, 9.17) is 0 Å². The number of rotatable bonds is 9. The molecule has 2 aromatic carbocycles. The predicted molar refractivity (Wildman–Crippen MR) is 132 cm³/mol. The Morgan fingerprint density at radius 1 is 1.03 bits per heavy atom. The Balaban J connectivity index is 1.27. The lowest BCUT2D eigenvalue weighted by molar-refractivity contribution is -0.139. The summed E-state index contributed by atoms with van der Waals surface area (Å²) in [6.07, 6.45) is 5.69. The number of hydrogen-bond acceptors (Lipinski definition) is 3. The molecule has 188 valence electrons. The van der Waals surface area contributed by atoms with Crippen LogP contribution < -0.4 is 5.32 Å². The first-order valence-corrected chi connectivity index (χ1v) is 12.7. The fourth-order valence-corrected chi connectivity index (χ4v) is 5.07. The normalized spacial score (nSPS) is 18.0. The Hall–Kier alpha value is -2.80. The first-order valence-electron chi connectivity index (χ1n) is 12.7. The van der Waals surface area contributed by atoms with Crippen molar-refractivity contribution in [3.05, 3.63) is 71.3 Å². The van der Waals surface area contributed by atoms with Crippen LogP contribution in [0.4, 0.5) is 8.78 Å². The first-order chi connectivity index (χ1) is 16.9. The average molecular weight is 484 g/mol. The van der Waals surface area contributed by atoms with E-state index in [0.29, 0.717) is 0 Å². The highest BCUT2D eigenvalue weighted by Gasteiger charge is 2.32. The average Bonchev–Trinajstić information content (AvgIpc) is 2.80. The molecule has 4 rings (SSSR count). The van der Waals surface area contributed by atoms with Crippen LogP contribution in [0.25, 0.3) is 0 Å². The van der Waals surface area contributed by atoms with Gasteiger partial charge in [0, 0.05) is 38.6 Å². The van der Waals surface area contributed by atoms with Crippen LogP contribution >= 0.6 is 0 Å². The van der Waals surface area contributed by atoms with Crippen molar-refractivity contribution in [3.8, 4) is 0 Å². The predicted octanol–water partition coefficient (Wildman–Crippen LogP) is 4.48. The summed E-state index contributed by atoms with van der Waals surface area (Å²) in [5.74, 6) is -0.371. The molecule has 0 aromatic heterocycles. The molecule has 0 spiro atoms. The zero-order chi connectivity index (χ0) is 24.8. The van der Waals surface area contributed by atoms with Crippen LogP contribution in [0.2, 0.25) is 0 Å². The van der Waals surface area contributed by atoms with E-state index in [1.165, 1.54) is 24.3 Å². The molecule has 1 saturated carbocycles. The maximum Gasteiger partial charge on any atom is 0.225 e. The van der Waals surface area contributed by atoms with E-state index >= 15 is 0 Å². The van der Waals surface area contributed by atoms with Crippen LogP contribution in [0.1, 0.15) is 55.7 Å². The van der Waals surface area contributed by atoms with Gasteiger partial charge in [0.1, 0.15) is 11.6 Å². The summed E-state index contributed by atoms with van der Waals surface area (Å²) in [4.78, 5) is 29.5. The Morgan fingerprint density at radius 3 is 2.37 bits per heavy atom. The Kier molecular flexibility index (Phi) is 8.50. The number of nitrogens with one attached hydrogen (secondary N) is 1. The molecule has 2 fully saturated rings. The van der Waals surface area contributed by atoms with Gasteiger partial charge in [0.15, 0.2) is 0 Å². The standard InChI is InChI=1S/C28H35F2N3O2/c1-32(28(35)21-4-2-5-21)26(22-6-3-7-24(30)19-22)14-17-33-15-12-25(13-16-33)31-27(34)18-20-8-10-23(29)11-9-20/h3,6-11,19,21,25-26H,2,4-5,12-18H2,1H3,(H,31,34)/t26-/m0/s1. The number of benzene rings is 2. The molecule has 1 atom stereocenters. The van der Waals surface area contributed by atoms with E-state index in [9.17, 15) is 18.4 Å². The number of piperidine rings is 1. The second-order valence-corrected chi connectivity index (χ2v) is 9.92. The Labute approximate surface area is 206 Å². The van der Waals surface area contributed by atoms with Crippen molar-refractivity contribution < 1.29 is 18.4 Å². The van der Waals surface area contributed by atoms with Crippen molar-refractivity contribution in [2.45, 2.75) is 57.0 Å². The number of halogens is 2. The van der Waals surface area contributed by atoms with Gasteiger partial charge in [0.2, 0.25) is 11.8 Å². The summed E-state index contributed by atoms with van der Waals surface area (Å²) in [7, 11) is 1.85. The van der Waals surface area contributed by atoms with Crippen LogP contribution in [0.3, 0.4) is 0 Å². The van der Waals surface area contributed by atoms with Crippen LogP contribution in [0.5, 0.6) is 0 Å². The number of nitrogens with zero attached hydrogens (tertiary/aromatic N) is 2. The van der Waals surface area contributed by atoms with Crippen LogP contribution in [0, 0.1) is 17.6 Å². The van der Waals surface area contributed by atoms with Gasteiger partial charge >= 0.3 is 0 Å². The first kappa shape index (κ1) is 25.3. The maximum absolute atomic E-state index is 14.0. The fraction of sp³-hybridized carbons (Fsp3) is 0.500. The monoisotopic (exact) mass is 483 g/mol. The molecule has 1 saturated heterocycles. The summed E-state index contributed by atoms with van der Waals surface area (Å²) in [5, 5.41) is 3.10. The van der Waals surface area contributed by atoms with Crippen molar-refractivity contribution >= 4 is 11.8 Å². The highest BCUT2D eigenvalue weighted by atomic mass is 19.1. The molecular formula is C28H35F2N3O2. The molecule has 0 unspecified atom stereocenters. The zero-order valence-corrected chi connectivity index (χ0v) is 20.4. The van der Waals surface area contributed by atoms with Crippen LogP contribution in [-0.2, 0) is 16.0 Å². The molecule has 2 aromatic rings. The Morgan fingerprint density at radius 2 is 1.74 bits per heavy atom. The molecule has 1 aliphatic heterocycles. The minimum absolute atomic E-state index is 0.0441. The van der Waals surface area contributed by atoms with Crippen molar-refractivity contribution in [2.24, 2.45) is 5.92 Å². The second-order valence-electron chi connectivity index (χ2n) is 9.92. The summed E-state index contributed by atoms with van der Waals surface area (Å²) in [6, 6.07) is 12.6. The minimum atomic E-state index is -0.306. The zero-order valence-electron chi connectivity index (χ0n) is 20.4. The van der Waals surface area contributed by atoms with Gasteiger partial charge in [-0.15, -0.1) is 0 Å². The summed E-state index contributed by atoms with van der Waals surface area (Å²) in [6.45, 7) is 2.52. The third-order valence-corrected chi connectivity index (χ3v) is 7.45. The van der Waals surface area contributed by atoms with Crippen molar-refractivity contribution in [2.75, 3.05) is 26.7 Å². The van der Waals surface area contributed by atoms with Gasteiger partial charge in [-0.2, -0.15) is 0 Å². The number of hydrogen-bond donors (Lipinski definition) is 1. The molecule has 2 aliphatic rings. The molecule has 7 heteroatoms. The highest BCUT2D eigenvalue weighted by molar-refractivity contribution is 5.80. The smallest absolute Gasteiger partial charge is 0.225 e. The molecule has 1 N–H and O–H groups in total. The molecule has 0 radical (unpaired) electrons. The molecule has 1 heterocycles. The number of carbonyl (C=O) groups is 2. The lowest BCUT2D eigenvalue weighted by Gasteiger charge is -2.37. The number of amides is 2. The van der Waals surface area contributed by atoms with E-state index in [2.05, 4.69) is 10.2 Å². The van der Waals surface area contributed by atoms with Crippen molar-refractivity contribution in [1.29, 1.82) is 0 Å². The van der Waals surface area contributed by atoms with Gasteiger partial charge in [0.05, 0.1) is 12.5 Å². The fourth-order valence-electron chi connectivity index (χ4n) is 5.07.